The summed E-state index contributed by atoms with van der Waals surface area (Å²) in [4.78, 5) is 26.6. The van der Waals surface area contributed by atoms with Crippen molar-refractivity contribution in [2.45, 2.75) is 51.3 Å². The van der Waals surface area contributed by atoms with Crippen molar-refractivity contribution in [3.8, 4) is 11.4 Å². The molecule has 1 aromatic carbocycles. The number of ether oxygens (including phenoxy) is 1. The van der Waals surface area contributed by atoms with Crippen LogP contribution in [0.25, 0.3) is 11.4 Å². The maximum atomic E-state index is 12.1. The Bertz CT molecular complexity index is 1150. The zero-order valence-corrected chi connectivity index (χ0v) is 17.9. The summed E-state index contributed by atoms with van der Waals surface area (Å²) in [5, 5.41) is 17.2. The van der Waals surface area contributed by atoms with E-state index >= 15 is 0 Å². The molecule has 0 bridgehead atoms. The summed E-state index contributed by atoms with van der Waals surface area (Å²) >= 11 is 0. The quantitative estimate of drug-likeness (QED) is 0.599. The molecular weight excluding hydrogens is 412 g/mol. The van der Waals surface area contributed by atoms with Gasteiger partial charge in [0.05, 0.1) is 6.10 Å². The van der Waals surface area contributed by atoms with Gasteiger partial charge in [0, 0.05) is 11.8 Å². The minimum Gasteiger partial charge on any atom is -0.447 e. The first-order valence-corrected chi connectivity index (χ1v) is 10.7. The lowest BCUT2D eigenvalue weighted by atomic mass is 10.1. The van der Waals surface area contributed by atoms with Crippen LogP contribution >= 0.6 is 0 Å². The molecule has 166 valence electrons. The molecule has 32 heavy (non-hydrogen) atoms. The monoisotopic (exact) mass is 436 g/mol. The zero-order valence-electron chi connectivity index (χ0n) is 17.9. The smallest absolute Gasteiger partial charge is 0.416 e. The number of aliphatic hydroxyl groups is 1. The number of benzene rings is 1. The van der Waals surface area contributed by atoms with Gasteiger partial charge < -0.3 is 19.7 Å². The Labute approximate surface area is 184 Å². The molecular formula is C22H24N6O4. The number of hydrogen-bond donors (Lipinski definition) is 2. The van der Waals surface area contributed by atoms with Gasteiger partial charge in [0.1, 0.15) is 24.5 Å². The molecule has 0 spiro atoms. The van der Waals surface area contributed by atoms with Gasteiger partial charge in [-0.2, -0.15) is 9.97 Å². The molecule has 0 radical (unpaired) electrons. The largest absolute Gasteiger partial charge is 0.447 e. The first-order valence-electron chi connectivity index (χ1n) is 10.7. The minimum atomic E-state index is -0.761. The number of nitrogens with one attached hydrogen (secondary N) is 1. The van der Waals surface area contributed by atoms with Crippen molar-refractivity contribution in [2.24, 2.45) is 0 Å². The number of rotatable bonds is 6. The molecule has 1 aliphatic carbocycles. The maximum absolute atomic E-state index is 12.1. The molecule has 2 aromatic heterocycles. The van der Waals surface area contributed by atoms with Crippen LogP contribution in [-0.4, -0.2) is 50.1 Å². The van der Waals surface area contributed by atoms with E-state index in [1.54, 1.807) is 13.0 Å². The van der Waals surface area contributed by atoms with E-state index in [1.165, 1.54) is 28.6 Å². The highest BCUT2D eigenvalue weighted by atomic mass is 16.6. The first kappa shape index (κ1) is 20.4. The standard InChI is InChI=1S/C22H24N6O4/c1-12(20-26-19(27-32-20)16-7-6-14-4-3-5-15(14)10-16)24-21-23-9-8-18(25-21)28-17(13(2)29)11-31-22(28)30/h6-10,12-13,17,29H,3-5,11H2,1-2H3,(H,23,24,25)/t12?,13-,17?/m1/s1. The number of hydrogen-bond acceptors (Lipinski definition) is 9. The van der Waals surface area contributed by atoms with Crippen LogP contribution < -0.4 is 10.2 Å². The SMILES string of the molecule is CC(Nc1nccc(N2C(=O)OCC2[C@@H](C)O)n1)c1nc(-c2ccc3c(c2)CCC3)no1. The highest BCUT2D eigenvalue weighted by Gasteiger charge is 2.38. The number of anilines is 2. The average Bonchev–Trinajstić information content (AvgIpc) is 3.52. The number of aliphatic hydroxyl groups excluding tert-OH is 1. The summed E-state index contributed by atoms with van der Waals surface area (Å²) in [5.74, 6) is 1.57. The van der Waals surface area contributed by atoms with Crippen molar-refractivity contribution in [3.63, 3.8) is 0 Å². The summed E-state index contributed by atoms with van der Waals surface area (Å²) in [6, 6.07) is 7.02. The van der Waals surface area contributed by atoms with E-state index in [4.69, 9.17) is 9.26 Å². The van der Waals surface area contributed by atoms with Gasteiger partial charge in [-0.1, -0.05) is 17.3 Å². The van der Waals surface area contributed by atoms with Crippen LogP contribution in [0, 0.1) is 0 Å². The third-order valence-corrected chi connectivity index (χ3v) is 5.86. The number of fused-ring (bicyclic) bond motifs is 1. The zero-order chi connectivity index (χ0) is 22.2. The lowest BCUT2D eigenvalue weighted by Crippen LogP contribution is -2.41. The van der Waals surface area contributed by atoms with E-state index in [0.29, 0.717) is 17.5 Å². The topological polar surface area (TPSA) is 127 Å². The summed E-state index contributed by atoms with van der Waals surface area (Å²) in [6.07, 6.45) is 3.61. The average molecular weight is 436 g/mol. The van der Waals surface area contributed by atoms with E-state index in [1.807, 2.05) is 13.0 Å². The normalized spacial score (nSPS) is 19.5. The molecule has 10 heteroatoms. The molecule has 1 fully saturated rings. The van der Waals surface area contributed by atoms with Gasteiger partial charge in [-0.25, -0.2) is 9.78 Å². The van der Waals surface area contributed by atoms with Gasteiger partial charge in [-0.05, 0) is 56.4 Å². The fourth-order valence-electron chi connectivity index (χ4n) is 4.10. The number of amides is 1. The highest BCUT2D eigenvalue weighted by molar-refractivity contribution is 5.89. The van der Waals surface area contributed by atoms with Gasteiger partial charge in [-0.15, -0.1) is 0 Å². The molecule has 3 atom stereocenters. The minimum absolute atomic E-state index is 0.104. The number of carbonyl (C=O) groups excluding carboxylic acids is 1. The molecule has 3 heterocycles. The Kier molecular flexibility index (Phi) is 5.22. The molecule has 2 aliphatic rings. The van der Waals surface area contributed by atoms with Crippen molar-refractivity contribution in [2.75, 3.05) is 16.8 Å². The van der Waals surface area contributed by atoms with Gasteiger partial charge in [0.25, 0.3) is 0 Å². The predicted molar refractivity (Wildman–Crippen MR) is 115 cm³/mol. The van der Waals surface area contributed by atoms with Crippen molar-refractivity contribution < 1.29 is 19.2 Å². The number of carbonyl (C=O) groups is 1. The summed E-state index contributed by atoms with van der Waals surface area (Å²) < 4.78 is 10.5. The highest BCUT2D eigenvalue weighted by Crippen LogP contribution is 2.28. The van der Waals surface area contributed by atoms with Crippen LogP contribution in [0.15, 0.2) is 35.0 Å². The van der Waals surface area contributed by atoms with Gasteiger partial charge in [0.15, 0.2) is 0 Å². The predicted octanol–water partition coefficient (Wildman–Crippen LogP) is 2.89. The van der Waals surface area contributed by atoms with Gasteiger partial charge >= 0.3 is 6.09 Å². The van der Waals surface area contributed by atoms with E-state index in [2.05, 4.69) is 37.6 Å². The van der Waals surface area contributed by atoms with E-state index in [-0.39, 0.29) is 18.6 Å². The third-order valence-electron chi connectivity index (χ3n) is 5.86. The fourth-order valence-corrected chi connectivity index (χ4v) is 4.10. The Balaban J connectivity index is 1.32. The third kappa shape index (κ3) is 3.77. The Morgan fingerprint density at radius 1 is 1.19 bits per heavy atom. The summed E-state index contributed by atoms with van der Waals surface area (Å²) in [6.45, 7) is 3.57. The fraction of sp³-hybridized carbons (Fsp3) is 0.409. The van der Waals surface area contributed by atoms with E-state index in [0.717, 1.165) is 18.4 Å². The van der Waals surface area contributed by atoms with E-state index < -0.39 is 18.2 Å². The molecule has 3 aromatic rings. The summed E-state index contributed by atoms with van der Waals surface area (Å²) in [7, 11) is 0. The van der Waals surface area contributed by atoms with Crippen LogP contribution in [0.1, 0.15) is 43.3 Å². The second-order valence-corrected chi connectivity index (χ2v) is 8.15. The van der Waals surface area contributed by atoms with Crippen molar-refractivity contribution in [1.82, 2.24) is 20.1 Å². The molecule has 5 rings (SSSR count). The van der Waals surface area contributed by atoms with Crippen LogP contribution in [0.5, 0.6) is 0 Å². The van der Waals surface area contributed by atoms with Crippen molar-refractivity contribution >= 4 is 17.9 Å². The molecule has 2 N–H and O–H groups in total. The second-order valence-electron chi connectivity index (χ2n) is 8.15. The Morgan fingerprint density at radius 2 is 2.03 bits per heavy atom. The Morgan fingerprint density at radius 3 is 2.88 bits per heavy atom. The number of nitrogens with zero attached hydrogens (tertiary/aromatic N) is 5. The second kappa shape index (κ2) is 8.19. The molecule has 10 nitrogen and oxygen atoms in total. The Hall–Kier alpha value is -3.53. The molecule has 1 amide bonds. The lowest BCUT2D eigenvalue weighted by Gasteiger charge is -2.22. The maximum Gasteiger partial charge on any atom is 0.416 e. The number of aryl methyl sites for hydroxylation is 2. The van der Waals surface area contributed by atoms with Crippen LogP contribution in [0.3, 0.4) is 0 Å². The van der Waals surface area contributed by atoms with Gasteiger partial charge in [-0.3, -0.25) is 4.90 Å². The van der Waals surface area contributed by atoms with Crippen LogP contribution in [-0.2, 0) is 17.6 Å². The number of cyclic esters (lactones) is 1. The number of aromatic nitrogens is 4. The molecule has 0 saturated carbocycles. The van der Waals surface area contributed by atoms with Crippen molar-refractivity contribution in [3.05, 3.63) is 47.5 Å². The van der Waals surface area contributed by atoms with Crippen molar-refractivity contribution in [1.29, 1.82) is 0 Å². The first-order chi connectivity index (χ1) is 15.5. The van der Waals surface area contributed by atoms with E-state index in [9.17, 15) is 9.90 Å². The van der Waals surface area contributed by atoms with Crippen LogP contribution in [0.2, 0.25) is 0 Å². The van der Waals surface area contributed by atoms with Crippen LogP contribution in [0.4, 0.5) is 16.6 Å². The van der Waals surface area contributed by atoms with Gasteiger partial charge in [0.2, 0.25) is 17.7 Å². The lowest BCUT2D eigenvalue weighted by molar-refractivity contribution is 0.142. The molecule has 1 aliphatic heterocycles. The molecule has 1 saturated heterocycles. The molecule has 2 unspecified atom stereocenters. The summed E-state index contributed by atoms with van der Waals surface area (Å²) in [5.41, 5.74) is 3.67.